The monoisotopic (exact) mass is 466 g/mol. The van der Waals surface area contributed by atoms with Crippen LogP contribution in [0.1, 0.15) is 22.3 Å². The first-order valence-corrected chi connectivity index (χ1v) is 11.2. The molecule has 0 aromatic heterocycles. The van der Waals surface area contributed by atoms with Gasteiger partial charge in [0.25, 0.3) is 5.91 Å². The van der Waals surface area contributed by atoms with Gasteiger partial charge in [0, 0.05) is 18.7 Å². The molecule has 30 heavy (non-hydrogen) atoms. The molecule has 2 aliphatic heterocycles. The molecule has 1 N–H and O–H groups in total. The number of thioether (sulfide) groups is 2. The van der Waals surface area contributed by atoms with Crippen molar-refractivity contribution in [1.29, 1.82) is 0 Å². The Balaban J connectivity index is 1.63. The smallest absolute Gasteiger partial charge is 0.337 e. The van der Waals surface area contributed by atoms with Crippen molar-refractivity contribution in [2.45, 2.75) is 12.5 Å². The number of ether oxygens (including phenoxy) is 1. The molecule has 0 saturated carbocycles. The maximum atomic E-state index is 12.7. The van der Waals surface area contributed by atoms with Crippen molar-refractivity contribution in [3.8, 4) is 0 Å². The Morgan fingerprint density at radius 2 is 2.00 bits per heavy atom. The molecule has 0 spiro atoms. The van der Waals surface area contributed by atoms with E-state index in [1.807, 2.05) is 0 Å². The molecule has 11 heteroatoms. The molecule has 0 unspecified atom stereocenters. The lowest BCUT2D eigenvalue weighted by atomic mass is 10.1. The molecule has 3 rings (SSSR count). The molecule has 0 radical (unpaired) electrons. The summed E-state index contributed by atoms with van der Waals surface area (Å²) in [5.41, 5.74) is 1.12. The number of benzene rings is 1. The number of thiocarbonyl (C=S) groups is 1. The Hall–Kier alpha value is -2.37. The first-order chi connectivity index (χ1) is 14.3. The summed E-state index contributed by atoms with van der Waals surface area (Å²) in [5, 5.41) is 9.20. The summed E-state index contributed by atoms with van der Waals surface area (Å²) in [6, 6.07) is 5.76. The van der Waals surface area contributed by atoms with Crippen LogP contribution in [0.3, 0.4) is 0 Å². The highest BCUT2D eigenvalue weighted by Crippen LogP contribution is 2.33. The molecular weight excluding hydrogens is 448 g/mol. The van der Waals surface area contributed by atoms with Crippen LogP contribution in [0.4, 0.5) is 0 Å². The van der Waals surface area contributed by atoms with Gasteiger partial charge in [0.15, 0.2) is 0 Å². The predicted octanol–water partition coefficient (Wildman–Crippen LogP) is 2.05. The third-order valence-corrected chi connectivity index (χ3v) is 6.93. The summed E-state index contributed by atoms with van der Waals surface area (Å²) in [5.74, 6) is -1.40. The van der Waals surface area contributed by atoms with E-state index in [1.165, 1.54) is 28.7 Å². The molecule has 1 aromatic carbocycles. The minimum Gasteiger partial charge on any atom is -0.480 e. The standard InChI is InChI=1S/C19H18N2O6S3/c1-27-18(26)12-4-2-11(3-5-12)8-14-16(23)20(19(28)30-14)7-6-15(22)21-10-29-9-13(21)17(24)25/h2-5,8,13H,6-7,9-10H2,1H3,(H,24,25)/b14-8+/t13-/m0/s1. The number of amides is 2. The van der Waals surface area contributed by atoms with Gasteiger partial charge in [0.2, 0.25) is 5.91 Å². The second-order valence-electron chi connectivity index (χ2n) is 6.41. The Bertz CT molecular complexity index is 931. The molecule has 2 amide bonds. The van der Waals surface area contributed by atoms with Crippen molar-refractivity contribution in [3.63, 3.8) is 0 Å². The van der Waals surface area contributed by atoms with E-state index in [2.05, 4.69) is 4.74 Å². The lowest BCUT2D eigenvalue weighted by Gasteiger charge is -2.22. The molecular formula is C19H18N2O6S3. The summed E-state index contributed by atoms with van der Waals surface area (Å²) in [4.78, 5) is 51.0. The van der Waals surface area contributed by atoms with E-state index in [4.69, 9.17) is 12.2 Å². The number of aliphatic carboxylic acids is 1. The minimum atomic E-state index is -1.03. The van der Waals surface area contributed by atoms with Gasteiger partial charge in [-0.05, 0) is 23.8 Å². The number of carboxylic acid groups (broad SMARTS) is 1. The zero-order valence-corrected chi connectivity index (χ0v) is 18.3. The lowest BCUT2D eigenvalue weighted by Crippen LogP contribution is -2.43. The van der Waals surface area contributed by atoms with E-state index >= 15 is 0 Å². The van der Waals surface area contributed by atoms with Crippen LogP contribution in [-0.4, -0.2) is 74.3 Å². The van der Waals surface area contributed by atoms with Crippen LogP contribution in [0.2, 0.25) is 0 Å². The Labute approximate surface area is 186 Å². The Morgan fingerprint density at radius 3 is 2.63 bits per heavy atom. The molecule has 1 aromatic rings. The van der Waals surface area contributed by atoms with E-state index in [1.54, 1.807) is 30.3 Å². The molecule has 0 bridgehead atoms. The molecule has 2 fully saturated rings. The highest BCUT2D eigenvalue weighted by Gasteiger charge is 2.36. The maximum absolute atomic E-state index is 12.7. The zero-order valence-electron chi connectivity index (χ0n) is 15.9. The number of carbonyl (C=O) groups is 4. The summed E-state index contributed by atoms with van der Waals surface area (Å²) in [6.07, 6.45) is 1.66. The maximum Gasteiger partial charge on any atom is 0.337 e. The number of carboxylic acids is 1. The average molecular weight is 467 g/mol. The van der Waals surface area contributed by atoms with Gasteiger partial charge < -0.3 is 14.7 Å². The van der Waals surface area contributed by atoms with Gasteiger partial charge in [0.05, 0.1) is 23.5 Å². The minimum absolute atomic E-state index is 0.00210. The van der Waals surface area contributed by atoms with Gasteiger partial charge in [-0.2, -0.15) is 0 Å². The molecule has 2 saturated heterocycles. The van der Waals surface area contributed by atoms with E-state index in [9.17, 15) is 24.3 Å². The topological polar surface area (TPSA) is 104 Å². The second-order valence-corrected chi connectivity index (χ2v) is 9.09. The van der Waals surface area contributed by atoms with E-state index < -0.39 is 18.0 Å². The van der Waals surface area contributed by atoms with Crippen LogP contribution in [0.15, 0.2) is 29.2 Å². The third-order valence-electron chi connectivity index (χ3n) is 4.54. The van der Waals surface area contributed by atoms with Gasteiger partial charge >= 0.3 is 11.9 Å². The third kappa shape index (κ3) is 4.85. The summed E-state index contributed by atoms with van der Waals surface area (Å²) < 4.78 is 5.00. The lowest BCUT2D eigenvalue weighted by molar-refractivity contribution is -0.147. The number of esters is 1. The van der Waals surface area contributed by atoms with Crippen molar-refractivity contribution in [2.24, 2.45) is 0 Å². The summed E-state index contributed by atoms with van der Waals surface area (Å²) in [6.45, 7) is 0.0929. The van der Waals surface area contributed by atoms with Crippen molar-refractivity contribution in [2.75, 3.05) is 25.3 Å². The number of methoxy groups -OCH3 is 1. The zero-order chi connectivity index (χ0) is 21.8. The highest BCUT2D eigenvalue weighted by atomic mass is 32.2. The molecule has 8 nitrogen and oxygen atoms in total. The highest BCUT2D eigenvalue weighted by molar-refractivity contribution is 8.26. The summed E-state index contributed by atoms with van der Waals surface area (Å²) in [7, 11) is 1.30. The average Bonchev–Trinajstić information content (AvgIpc) is 3.32. The van der Waals surface area contributed by atoms with E-state index in [-0.39, 0.29) is 24.8 Å². The largest absolute Gasteiger partial charge is 0.480 e. The number of carbonyl (C=O) groups excluding carboxylic acids is 3. The van der Waals surface area contributed by atoms with Crippen LogP contribution in [0, 0.1) is 0 Å². The van der Waals surface area contributed by atoms with Crippen molar-refractivity contribution < 1.29 is 29.0 Å². The van der Waals surface area contributed by atoms with Crippen molar-refractivity contribution in [3.05, 3.63) is 40.3 Å². The van der Waals surface area contributed by atoms with Gasteiger partial charge in [-0.1, -0.05) is 36.1 Å². The quantitative estimate of drug-likeness (QED) is 0.383. The van der Waals surface area contributed by atoms with Gasteiger partial charge in [-0.15, -0.1) is 11.8 Å². The normalized spacial score (nSPS) is 20.2. The van der Waals surface area contributed by atoms with Crippen LogP contribution < -0.4 is 0 Å². The molecule has 2 heterocycles. The Morgan fingerprint density at radius 1 is 1.30 bits per heavy atom. The molecule has 1 atom stereocenters. The fourth-order valence-corrected chi connectivity index (χ4v) is 5.40. The number of rotatable bonds is 6. The predicted molar refractivity (Wildman–Crippen MR) is 118 cm³/mol. The molecule has 2 aliphatic rings. The fourth-order valence-electron chi connectivity index (χ4n) is 2.92. The van der Waals surface area contributed by atoms with Crippen molar-refractivity contribution in [1.82, 2.24) is 9.80 Å². The van der Waals surface area contributed by atoms with Crippen LogP contribution >= 0.6 is 35.7 Å². The number of hydrogen-bond acceptors (Lipinski definition) is 8. The Kier molecular flexibility index (Phi) is 7.16. The number of nitrogens with zero attached hydrogens (tertiary/aromatic N) is 2. The number of hydrogen-bond donors (Lipinski definition) is 1. The van der Waals surface area contributed by atoms with Crippen molar-refractivity contribution >= 4 is 69.9 Å². The molecule has 158 valence electrons. The van der Waals surface area contributed by atoms with Crippen LogP contribution in [0.5, 0.6) is 0 Å². The van der Waals surface area contributed by atoms with Crippen LogP contribution in [-0.2, 0) is 19.1 Å². The van der Waals surface area contributed by atoms with E-state index in [0.29, 0.717) is 26.4 Å². The SMILES string of the molecule is COC(=O)c1ccc(/C=C2/SC(=S)N(CCC(=O)N3CSC[C@H]3C(=O)O)C2=O)cc1. The fraction of sp³-hybridized carbons (Fsp3) is 0.316. The second kappa shape index (κ2) is 9.63. The van der Waals surface area contributed by atoms with Gasteiger partial charge in [-0.25, -0.2) is 9.59 Å². The van der Waals surface area contributed by atoms with Gasteiger partial charge in [-0.3, -0.25) is 14.5 Å². The summed E-state index contributed by atoms with van der Waals surface area (Å²) >= 11 is 7.80. The van der Waals surface area contributed by atoms with Crippen LogP contribution in [0.25, 0.3) is 6.08 Å². The van der Waals surface area contributed by atoms with E-state index in [0.717, 1.165) is 17.3 Å². The molecule has 0 aliphatic carbocycles. The first kappa shape index (κ1) is 22.3. The van der Waals surface area contributed by atoms with Gasteiger partial charge in [0.1, 0.15) is 10.4 Å². The first-order valence-electron chi connectivity index (χ1n) is 8.85.